The fraction of sp³-hybridized carbons (Fsp3) is 0.421. The number of aromatic nitrogens is 2. The lowest BCUT2D eigenvalue weighted by molar-refractivity contribution is -0.120. The normalized spacial score (nSPS) is 15.8. The summed E-state index contributed by atoms with van der Waals surface area (Å²) in [5.41, 5.74) is 1.88. The summed E-state index contributed by atoms with van der Waals surface area (Å²) in [5, 5.41) is 7.36. The molecule has 8 nitrogen and oxygen atoms in total. The molecule has 10 heteroatoms. The number of guanidine groups is 1. The number of nitrogens with one attached hydrogen (secondary N) is 1. The molecule has 0 spiro atoms. The first kappa shape index (κ1) is 23.3. The van der Waals surface area contributed by atoms with Gasteiger partial charge in [-0.15, -0.1) is 24.0 Å². The van der Waals surface area contributed by atoms with E-state index in [1.807, 2.05) is 48.5 Å². The van der Waals surface area contributed by atoms with Crippen LogP contribution in [0.2, 0.25) is 0 Å². The van der Waals surface area contributed by atoms with Crippen LogP contribution in [0, 0.1) is 0 Å². The topological polar surface area (TPSA) is 82.8 Å². The Hall–Kier alpha value is -1.95. The lowest BCUT2D eigenvalue weighted by Gasteiger charge is -2.35. The molecule has 29 heavy (non-hydrogen) atoms. The lowest BCUT2D eigenvalue weighted by Crippen LogP contribution is -2.55. The van der Waals surface area contributed by atoms with Crippen LogP contribution < -0.4 is 10.2 Å². The fourth-order valence-corrected chi connectivity index (χ4v) is 4.15. The van der Waals surface area contributed by atoms with Gasteiger partial charge in [0.1, 0.15) is 6.54 Å². The van der Waals surface area contributed by atoms with Gasteiger partial charge in [0.15, 0.2) is 5.96 Å². The Bertz CT molecular complexity index is 857. The van der Waals surface area contributed by atoms with Gasteiger partial charge in [-0.2, -0.15) is 5.10 Å². The third kappa shape index (κ3) is 6.53. The number of piperazine rings is 1. The molecule has 1 fully saturated rings. The summed E-state index contributed by atoms with van der Waals surface area (Å²) in [6.07, 6.45) is 3.53. The molecule has 2 heterocycles. The summed E-state index contributed by atoms with van der Waals surface area (Å²) in [7, 11) is 2.58. The highest BCUT2D eigenvalue weighted by molar-refractivity contribution is 14.0. The van der Waals surface area contributed by atoms with Crippen LogP contribution in [0.5, 0.6) is 0 Å². The van der Waals surface area contributed by atoms with E-state index in [-0.39, 0.29) is 36.4 Å². The van der Waals surface area contributed by atoms with Crippen LogP contribution in [0.1, 0.15) is 5.56 Å². The monoisotopic (exact) mass is 530 g/mol. The van der Waals surface area contributed by atoms with Gasteiger partial charge < -0.3 is 15.1 Å². The van der Waals surface area contributed by atoms with Gasteiger partial charge in [0.05, 0.1) is 11.9 Å². The van der Waals surface area contributed by atoms with Crippen LogP contribution in [0.3, 0.4) is 0 Å². The minimum atomic E-state index is -0.950. The summed E-state index contributed by atoms with van der Waals surface area (Å²) in [4.78, 5) is 20.5. The van der Waals surface area contributed by atoms with Crippen molar-refractivity contribution in [2.45, 2.75) is 5.75 Å². The smallest absolute Gasteiger partial charge is 0.246 e. The zero-order chi connectivity index (χ0) is 19.9. The molecule has 2 aromatic rings. The minimum Gasteiger partial charge on any atom is -0.355 e. The Morgan fingerprint density at radius 3 is 2.66 bits per heavy atom. The van der Waals surface area contributed by atoms with Gasteiger partial charge in [-0.05, 0) is 5.56 Å². The highest BCUT2D eigenvalue weighted by atomic mass is 127. The Morgan fingerprint density at radius 1 is 1.28 bits per heavy atom. The first-order valence-corrected chi connectivity index (χ1v) is 10.7. The SMILES string of the molecule is CN=C(NCCS(=O)Cc1ccccc1)N1CCN(c2cnn(C)c2)C(=O)C1.I. The predicted octanol–water partition coefficient (Wildman–Crippen LogP) is 1.21. The van der Waals surface area contributed by atoms with Gasteiger partial charge in [-0.25, -0.2) is 0 Å². The molecule has 1 aliphatic rings. The van der Waals surface area contributed by atoms with Crippen LogP contribution in [0.25, 0.3) is 0 Å². The third-order valence-corrected chi connectivity index (χ3v) is 5.83. The van der Waals surface area contributed by atoms with Crippen LogP contribution in [-0.2, 0) is 28.4 Å². The molecule has 1 atom stereocenters. The van der Waals surface area contributed by atoms with Crippen LogP contribution in [0.15, 0.2) is 47.7 Å². The van der Waals surface area contributed by atoms with E-state index in [1.54, 1.807) is 22.8 Å². The maximum atomic E-state index is 12.5. The van der Waals surface area contributed by atoms with Crippen molar-refractivity contribution in [3.8, 4) is 0 Å². The summed E-state index contributed by atoms with van der Waals surface area (Å²) in [5.74, 6) is 1.74. The van der Waals surface area contributed by atoms with Gasteiger partial charge in [-0.1, -0.05) is 30.3 Å². The van der Waals surface area contributed by atoms with Crippen molar-refractivity contribution in [1.82, 2.24) is 20.0 Å². The molecule has 3 rings (SSSR count). The molecule has 0 aliphatic carbocycles. The molecule has 1 aromatic heterocycles. The molecule has 0 bridgehead atoms. The van der Waals surface area contributed by atoms with E-state index in [0.717, 1.165) is 11.3 Å². The van der Waals surface area contributed by atoms with E-state index in [2.05, 4.69) is 15.4 Å². The second-order valence-electron chi connectivity index (χ2n) is 6.59. The van der Waals surface area contributed by atoms with E-state index >= 15 is 0 Å². The van der Waals surface area contributed by atoms with E-state index < -0.39 is 10.8 Å². The number of nitrogens with zero attached hydrogens (tertiary/aromatic N) is 5. The number of aryl methyl sites for hydroxylation is 1. The molecule has 0 saturated carbocycles. The van der Waals surface area contributed by atoms with Crippen molar-refractivity contribution >= 4 is 52.3 Å². The lowest BCUT2D eigenvalue weighted by atomic mass is 10.2. The van der Waals surface area contributed by atoms with E-state index in [9.17, 15) is 9.00 Å². The Labute approximate surface area is 190 Å². The summed E-state index contributed by atoms with van der Waals surface area (Å²) < 4.78 is 13.9. The quantitative estimate of drug-likeness (QED) is 0.345. The Morgan fingerprint density at radius 2 is 2.03 bits per heavy atom. The molecular formula is C19H27IN6O2S. The average Bonchev–Trinajstić information content (AvgIpc) is 3.12. The maximum absolute atomic E-state index is 12.5. The van der Waals surface area contributed by atoms with E-state index in [1.165, 1.54) is 0 Å². The molecule has 1 aliphatic heterocycles. The fourth-order valence-electron chi connectivity index (χ4n) is 3.12. The second kappa shape index (κ2) is 11.3. The molecule has 158 valence electrons. The van der Waals surface area contributed by atoms with Gasteiger partial charge in [-0.3, -0.25) is 18.7 Å². The molecule has 1 N–H and O–H groups in total. The number of anilines is 1. The standard InChI is InChI=1S/C19H26N6O2S.HI/c1-20-19(21-8-11-28(27)15-16-6-4-3-5-7-16)24-9-10-25(18(26)14-24)17-12-22-23(2)13-17;/h3-7,12-13H,8-11,14-15H2,1-2H3,(H,20,21);1H. The second-order valence-corrected chi connectivity index (χ2v) is 8.16. The number of aliphatic imine (C=N–C) groups is 1. The number of carbonyl (C=O) groups excluding carboxylic acids is 1. The molecular weight excluding hydrogens is 503 g/mol. The predicted molar refractivity (Wildman–Crippen MR) is 127 cm³/mol. The number of amides is 1. The van der Waals surface area contributed by atoms with E-state index in [4.69, 9.17) is 0 Å². The number of halogens is 1. The summed E-state index contributed by atoms with van der Waals surface area (Å²) in [6, 6.07) is 9.83. The van der Waals surface area contributed by atoms with Gasteiger partial charge in [0.25, 0.3) is 0 Å². The van der Waals surface area contributed by atoms with E-state index in [0.29, 0.717) is 37.1 Å². The van der Waals surface area contributed by atoms with Crippen molar-refractivity contribution < 1.29 is 9.00 Å². The number of carbonyl (C=O) groups is 1. The first-order chi connectivity index (χ1) is 13.6. The molecule has 1 saturated heterocycles. The average molecular weight is 530 g/mol. The first-order valence-electron chi connectivity index (χ1n) is 9.20. The van der Waals surface area contributed by atoms with Crippen LogP contribution in [-0.4, -0.2) is 69.7 Å². The Balaban J connectivity index is 0.00000300. The van der Waals surface area contributed by atoms with Gasteiger partial charge >= 0.3 is 0 Å². The summed E-state index contributed by atoms with van der Waals surface area (Å²) in [6.45, 7) is 2.05. The van der Waals surface area contributed by atoms with Crippen molar-refractivity contribution in [1.29, 1.82) is 0 Å². The Kier molecular flexibility index (Phi) is 9.08. The zero-order valence-corrected chi connectivity index (χ0v) is 19.8. The highest BCUT2D eigenvalue weighted by Crippen LogP contribution is 2.16. The van der Waals surface area contributed by atoms with Crippen molar-refractivity contribution in [2.24, 2.45) is 12.0 Å². The number of hydrogen-bond donors (Lipinski definition) is 1. The zero-order valence-electron chi connectivity index (χ0n) is 16.7. The van der Waals surface area contributed by atoms with Crippen molar-refractivity contribution in [3.05, 3.63) is 48.3 Å². The van der Waals surface area contributed by atoms with Gasteiger partial charge in [0.2, 0.25) is 5.91 Å². The summed E-state index contributed by atoms with van der Waals surface area (Å²) >= 11 is 0. The van der Waals surface area contributed by atoms with Crippen LogP contribution in [0.4, 0.5) is 5.69 Å². The maximum Gasteiger partial charge on any atom is 0.246 e. The van der Waals surface area contributed by atoms with Crippen molar-refractivity contribution in [2.75, 3.05) is 43.9 Å². The number of hydrogen-bond acceptors (Lipinski definition) is 4. The van der Waals surface area contributed by atoms with Crippen molar-refractivity contribution in [3.63, 3.8) is 0 Å². The highest BCUT2D eigenvalue weighted by Gasteiger charge is 2.27. The van der Waals surface area contributed by atoms with Crippen LogP contribution >= 0.6 is 24.0 Å². The molecule has 0 radical (unpaired) electrons. The molecule has 1 amide bonds. The number of benzene rings is 1. The largest absolute Gasteiger partial charge is 0.355 e. The van der Waals surface area contributed by atoms with Gasteiger partial charge in [0, 0.05) is 62.2 Å². The minimum absolute atomic E-state index is 0. The molecule has 1 unspecified atom stereocenters. The molecule has 1 aromatic carbocycles. The third-order valence-electron chi connectivity index (χ3n) is 4.52. The number of rotatable bonds is 6.